The average Bonchev–Trinajstić information content (AvgIpc) is 2.76. The van der Waals surface area contributed by atoms with Gasteiger partial charge in [0.2, 0.25) is 0 Å². The van der Waals surface area contributed by atoms with Crippen molar-refractivity contribution in [2.24, 2.45) is 16.7 Å². The van der Waals surface area contributed by atoms with E-state index in [9.17, 15) is 10.2 Å². The molecule has 0 aromatic carbocycles. The zero-order chi connectivity index (χ0) is 14.7. The fraction of sp³-hybridized carbons (Fsp3) is 0.875. The van der Waals surface area contributed by atoms with Crippen molar-refractivity contribution >= 4 is 0 Å². The van der Waals surface area contributed by atoms with Crippen LogP contribution in [0, 0.1) is 16.7 Å². The van der Waals surface area contributed by atoms with Crippen LogP contribution in [0.1, 0.15) is 40.0 Å². The number of ether oxygens (including phenoxy) is 2. The molecule has 3 aliphatic rings. The van der Waals surface area contributed by atoms with Gasteiger partial charge in [-0.05, 0) is 30.3 Å². The second kappa shape index (κ2) is 4.54. The molecule has 5 atom stereocenters. The number of rotatable bonds is 2. The zero-order valence-electron chi connectivity index (χ0n) is 12.8. The third-order valence-corrected chi connectivity index (χ3v) is 5.75. The van der Waals surface area contributed by atoms with Crippen molar-refractivity contribution in [3.05, 3.63) is 11.1 Å². The lowest BCUT2D eigenvalue weighted by Gasteiger charge is -2.52. The van der Waals surface area contributed by atoms with Gasteiger partial charge in [-0.3, -0.25) is 0 Å². The quantitative estimate of drug-likeness (QED) is 0.759. The average molecular weight is 282 g/mol. The van der Waals surface area contributed by atoms with Gasteiger partial charge in [0.05, 0.1) is 18.8 Å². The van der Waals surface area contributed by atoms with Crippen LogP contribution < -0.4 is 0 Å². The van der Waals surface area contributed by atoms with Crippen molar-refractivity contribution in [2.45, 2.75) is 58.5 Å². The Morgan fingerprint density at radius 1 is 1.35 bits per heavy atom. The van der Waals surface area contributed by atoms with Crippen LogP contribution in [0.4, 0.5) is 0 Å². The molecule has 2 fully saturated rings. The van der Waals surface area contributed by atoms with E-state index in [0.717, 1.165) is 24.8 Å². The molecule has 1 saturated heterocycles. The number of methoxy groups -OCH3 is 1. The van der Waals surface area contributed by atoms with Gasteiger partial charge in [-0.15, -0.1) is 0 Å². The van der Waals surface area contributed by atoms with Gasteiger partial charge >= 0.3 is 0 Å². The monoisotopic (exact) mass is 282 g/mol. The van der Waals surface area contributed by atoms with Crippen LogP contribution in [-0.4, -0.2) is 42.4 Å². The first-order chi connectivity index (χ1) is 9.33. The van der Waals surface area contributed by atoms with E-state index in [4.69, 9.17) is 9.47 Å². The number of fused-ring (bicyclic) bond motifs is 4. The number of aliphatic hydroxyl groups is 2. The van der Waals surface area contributed by atoms with Gasteiger partial charge in [0.1, 0.15) is 0 Å². The predicted octanol–water partition coefficient (Wildman–Crippen LogP) is 1.85. The van der Waals surface area contributed by atoms with Crippen LogP contribution in [0.15, 0.2) is 11.1 Å². The fourth-order valence-corrected chi connectivity index (χ4v) is 4.55. The summed E-state index contributed by atoms with van der Waals surface area (Å²) in [5.74, 6) is 0.138. The van der Waals surface area contributed by atoms with Crippen LogP contribution >= 0.6 is 0 Å². The Hall–Kier alpha value is -0.420. The third kappa shape index (κ3) is 1.82. The maximum absolute atomic E-state index is 10.8. The standard InChI is InChI=1S/C16H26O4/c1-15(2)6-11-10(8-17)9-5-13(20-14(9)19-4)16(11,3)12(18)7-15/h9,12-14,17-18H,5-8H2,1-4H3. The molecule has 2 bridgehead atoms. The lowest BCUT2D eigenvalue weighted by atomic mass is 9.54. The Morgan fingerprint density at radius 2 is 2.05 bits per heavy atom. The fourth-order valence-electron chi connectivity index (χ4n) is 4.55. The molecule has 0 amide bonds. The lowest BCUT2D eigenvalue weighted by molar-refractivity contribution is -0.161. The van der Waals surface area contributed by atoms with E-state index in [1.54, 1.807) is 7.11 Å². The normalized spacial score (nSPS) is 46.5. The molecule has 114 valence electrons. The van der Waals surface area contributed by atoms with Crippen LogP contribution in [-0.2, 0) is 9.47 Å². The minimum atomic E-state index is -0.427. The molecule has 2 N–H and O–H groups in total. The molecular formula is C16H26O4. The van der Waals surface area contributed by atoms with Gasteiger partial charge in [0.15, 0.2) is 6.29 Å². The molecule has 20 heavy (non-hydrogen) atoms. The first-order valence-corrected chi connectivity index (χ1v) is 7.53. The minimum Gasteiger partial charge on any atom is -0.392 e. The highest BCUT2D eigenvalue weighted by molar-refractivity contribution is 5.36. The molecule has 0 spiro atoms. The molecule has 3 rings (SSSR count). The van der Waals surface area contributed by atoms with Crippen molar-refractivity contribution in [2.75, 3.05) is 13.7 Å². The van der Waals surface area contributed by atoms with Crippen molar-refractivity contribution in [1.82, 2.24) is 0 Å². The van der Waals surface area contributed by atoms with Gasteiger partial charge < -0.3 is 19.7 Å². The topological polar surface area (TPSA) is 58.9 Å². The number of hydrogen-bond acceptors (Lipinski definition) is 4. The Kier molecular flexibility index (Phi) is 3.29. The van der Waals surface area contributed by atoms with E-state index in [0.29, 0.717) is 0 Å². The molecule has 1 heterocycles. The molecule has 4 heteroatoms. The largest absolute Gasteiger partial charge is 0.392 e. The van der Waals surface area contributed by atoms with Crippen molar-refractivity contribution in [3.8, 4) is 0 Å². The van der Waals surface area contributed by atoms with Gasteiger partial charge in [0, 0.05) is 18.4 Å². The second-order valence-corrected chi connectivity index (χ2v) is 7.58. The van der Waals surface area contributed by atoms with E-state index in [2.05, 4.69) is 20.8 Å². The first-order valence-electron chi connectivity index (χ1n) is 7.53. The molecule has 0 aromatic rings. The maximum atomic E-state index is 10.8. The van der Waals surface area contributed by atoms with Crippen LogP contribution in [0.5, 0.6) is 0 Å². The van der Waals surface area contributed by atoms with E-state index in [1.807, 2.05) is 0 Å². The van der Waals surface area contributed by atoms with Gasteiger partial charge in [-0.25, -0.2) is 0 Å². The van der Waals surface area contributed by atoms with Crippen molar-refractivity contribution in [1.29, 1.82) is 0 Å². The van der Waals surface area contributed by atoms with Crippen LogP contribution in [0.25, 0.3) is 0 Å². The molecule has 1 saturated carbocycles. The van der Waals surface area contributed by atoms with Gasteiger partial charge in [0.25, 0.3) is 0 Å². The molecular weight excluding hydrogens is 256 g/mol. The summed E-state index contributed by atoms with van der Waals surface area (Å²) in [5, 5.41) is 20.6. The summed E-state index contributed by atoms with van der Waals surface area (Å²) in [7, 11) is 1.65. The molecule has 0 aromatic heterocycles. The smallest absolute Gasteiger partial charge is 0.164 e. The highest BCUT2D eigenvalue weighted by Crippen LogP contribution is 2.59. The van der Waals surface area contributed by atoms with Crippen molar-refractivity contribution in [3.63, 3.8) is 0 Å². The summed E-state index contributed by atoms with van der Waals surface area (Å²) < 4.78 is 11.5. The van der Waals surface area contributed by atoms with E-state index < -0.39 is 6.10 Å². The van der Waals surface area contributed by atoms with Gasteiger partial charge in [-0.2, -0.15) is 0 Å². The van der Waals surface area contributed by atoms with Crippen molar-refractivity contribution < 1.29 is 19.7 Å². The zero-order valence-corrected chi connectivity index (χ0v) is 12.8. The van der Waals surface area contributed by atoms with E-state index in [1.165, 1.54) is 5.57 Å². The summed E-state index contributed by atoms with van der Waals surface area (Å²) in [6.45, 7) is 6.50. The Morgan fingerprint density at radius 3 is 2.65 bits per heavy atom. The first kappa shape index (κ1) is 14.5. The Labute approximate surface area is 120 Å². The predicted molar refractivity (Wildman–Crippen MR) is 75.0 cm³/mol. The molecule has 2 aliphatic carbocycles. The SMILES string of the molecule is COC1OC2CC1C(CO)=C1CC(C)(C)CC(O)C12C. The van der Waals surface area contributed by atoms with Crippen LogP contribution in [0.2, 0.25) is 0 Å². The third-order valence-electron chi connectivity index (χ3n) is 5.75. The molecule has 1 aliphatic heterocycles. The molecule has 5 unspecified atom stereocenters. The Bertz CT molecular complexity index is 442. The number of hydrogen-bond donors (Lipinski definition) is 2. The summed E-state index contributed by atoms with van der Waals surface area (Å²) in [6.07, 6.45) is 1.81. The summed E-state index contributed by atoms with van der Waals surface area (Å²) >= 11 is 0. The van der Waals surface area contributed by atoms with E-state index in [-0.39, 0.29) is 35.7 Å². The summed E-state index contributed by atoms with van der Waals surface area (Å²) in [6, 6.07) is 0. The highest BCUT2D eigenvalue weighted by Gasteiger charge is 2.59. The number of aliphatic hydroxyl groups excluding tert-OH is 2. The Balaban J connectivity index is 2.11. The summed E-state index contributed by atoms with van der Waals surface area (Å²) in [4.78, 5) is 0. The molecule has 0 radical (unpaired) electrons. The highest BCUT2D eigenvalue weighted by atomic mass is 16.7. The summed E-state index contributed by atoms with van der Waals surface area (Å²) in [5.41, 5.74) is 1.94. The van der Waals surface area contributed by atoms with Crippen LogP contribution in [0.3, 0.4) is 0 Å². The molecule has 4 nitrogen and oxygen atoms in total. The second-order valence-electron chi connectivity index (χ2n) is 7.58. The maximum Gasteiger partial charge on any atom is 0.164 e. The van der Waals surface area contributed by atoms with E-state index >= 15 is 0 Å². The lowest BCUT2D eigenvalue weighted by Crippen LogP contribution is -2.52. The minimum absolute atomic E-state index is 0.00569. The van der Waals surface area contributed by atoms with Gasteiger partial charge in [-0.1, -0.05) is 26.3 Å².